The first-order valence-corrected chi connectivity index (χ1v) is 6.45. The quantitative estimate of drug-likeness (QED) is 0.837. The summed E-state index contributed by atoms with van der Waals surface area (Å²) in [5.41, 5.74) is 11.7. The number of ether oxygens (including phenoxy) is 1. The smallest absolute Gasteiger partial charge is 0.239 e. The molecule has 1 amide bonds. The van der Waals surface area contributed by atoms with Gasteiger partial charge in [0.1, 0.15) is 5.82 Å². The van der Waals surface area contributed by atoms with Crippen molar-refractivity contribution < 1.29 is 9.53 Å². The van der Waals surface area contributed by atoms with Gasteiger partial charge < -0.3 is 21.1 Å². The van der Waals surface area contributed by atoms with Crippen molar-refractivity contribution in [3.8, 4) is 5.88 Å². The van der Waals surface area contributed by atoms with Gasteiger partial charge in [-0.25, -0.2) is 0 Å². The molecule has 1 aromatic heterocycles. The number of primary amides is 1. The van der Waals surface area contributed by atoms with Gasteiger partial charge in [0.2, 0.25) is 11.8 Å². The third-order valence-electron chi connectivity index (χ3n) is 3.14. The van der Waals surface area contributed by atoms with E-state index in [0.29, 0.717) is 18.1 Å². The SMILES string of the molecule is CC(C)Oc1nc(N2CCC(C(N)=O)C2)ccc1N. The Morgan fingerprint density at radius 3 is 2.84 bits per heavy atom. The molecule has 2 heterocycles. The van der Waals surface area contributed by atoms with Crippen molar-refractivity contribution in [2.45, 2.75) is 26.4 Å². The van der Waals surface area contributed by atoms with E-state index < -0.39 is 0 Å². The molecule has 104 valence electrons. The highest BCUT2D eigenvalue weighted by atomic mass is 16.5. The van der Waals surface area contributed by atoms with Gasteiger partial charge in [0, 0.05) is 13.1 Å². The third-order valence-corrected chi connectivity index (χ3v) is 3.14. The highest BCUT2D eigenvalue weighted by Crippen LogP contribution is 2.27. The van der Waals surface area contributed by atoms with E-state index >= 15 is 0 Å². The fraction of sp³-hybridized carbons (Fsp3) is 0.538. The van der Waals surface area contributed by atoms with E-state index in [9.17, 15) is 4.79 Å². The maximum Gasteiger partial charge on any atom is 0.239 e. The van der Waals surface area contributed by atoms with Gasteiger partial charge in [-0.3, -0.25) is 4.79 Å². The Balaban J connectivity index is 2.15. The zero-order chi connectivity index (χ0) is 14.0. The Morgan fingerprint density at radius 2 is 2.26 bits per heavy atom. The van der Waals surface area contributed by atoms with Crippen molar-refractivity contribution in [3.63, 3.8) is 0 Å². The summed E-state index contributed by atoms with van der Waals surface area (Å²) in [7, 11) is 0. The van der Waals surface area contributed by atoms with Crippen molar-refractivity contribution >= 4 is 17.4 Å². The van der Waals surface area contributed by atoms with Gasteiger partial charge in [0.15, 0.2) is 0 Å². The first-order chi connectivity index (χ1) is 8.97. The normalized spacial score (nSPS) is 18.9. The molecule has 19 heavy (non-hydrogen) atoms. The Hall–Kier alpha value is -1.98. The number of amides is 1. The van der Waals surface area contributed by atoms with Crippen molar-refractivity contribution in [2.75, 3.05) is 23.7 Å². The van der Waals surface area contributed by atoms with E-state index in [1.807, 2.05) is 24.8 Å². The topological polar surface area (TPSA) is 94.5 Å². The van der Waals surface area contributed by atoms with Crippen LogP contribution in [0.5, 0.6) is 5.88 Å². The number of carbonyl (C=O) groups is 1. The molecule has 1 atom stereocenters. The lowest BCUT2D eigenvalue weighted by Crippen LogP contribution is -2.27. The van der Waals surface area contributed by atoms with Crippen LogP contribution in [-0.2, 0) is 4.79 Å². The number of nitrogen functional groups attached to an aromatic ring is 1. The van der Waals surface area contributed by atoms with Gasteiger partial charge >= 0.3 is 0 Å². The molecule has 6 nitrogen and oxygen atoms in total. The molecular formula is C13H20N4O2. The van der Waals surface area contributed by atoms with Crippen molar-refractivity contribution in [3.05, 3.63) is 12.1 Å². The summed E-state index contributed by atoms with van der Waals surface area (Å²) >= 11 is 0. The van der Waals surface area contributed by atoms with Crippen LogP contribution in [0.1, 0.15) is 20.3 Å². The highest BCUT2D eigenvalue weighted by Gasteiger charge is 2.27. The largest absolute Gasteiger partial charge is 0.473 e. The summed E-state index contributed by atoms with van der Waals surface area (Å²) in [6.45, 7) is 5.22. The maximum absolute atomic E-state index is 11.2. The number of pyridine rings is 1. The van der Waals surface area contributed by atoms with E-state index in [2.05, 4.69) is 4.98 Å². The first-order valence-electron chi connectivity index (χ1n) is 6.45. The molecule has 1 saturated heterocycles. The second-order valence-electron chi connectivity index (χ2n) is 5.06. The molecule has 1 unspecified atom stereocenters. The zero-order valence-electron chi connectivity index (χ0n) is 11.3. The minimum absolute atomic E-state index is 0.0157. The lowest BCUT2D eigenvalue weighted by atomic mass is 10.1. The zero-order valence-corrected chi connectivity index (χ0v) is 11.3. The fourth-order valence-corrected chi connectivity index (χ4v) is 2.14. The summed E-state index contributed by atoms with van der Waals surface area (Å²) in [5, 5.41) is 0. The number of nitrogens with two attached hydrogens (primary N) is 2. The van der Waals surface area contributed by atoms with E-state index in [1.165, 1.54) is 0 Å². The molecule has 1 aliphatic rings. The van der Waals surface area contributed by atoms with Gasteiger partial charge in [-0.15, -0.1) is 0 Å². The molecule has 4 N–H and O–H groups in total. The second kappa shape index (κ2) is 5.34. The molecule has 0 saturated carbocycles. The second-order valence-corrected chi connectivity index (χ2v) is 5.06. The molecule has 0 aliphatic carbocycles. The van der Waals surface area contributed by atoms with E-state index in [4.69, 9.17) is 16.2 Å². The van der Waals surface area contributed by atoms with Crippen molar-refractivity contribution in [1.29, 1.82) is 0 Å². The molecule has 0 spiro atoms. The lowest BCUT2D eigenvalue weighted by Gasteiger charge is -2.19. The predicted molar refractivity (Wildman–Crippen MR) is 73.9 cm³/mol. The summed E-state index contributed by atoms with van der Waals surface area (Å²) in [4.78, 5) is 17.6. The van der Waals surface area contributed by atoms with Crippen LogP contribution in [-0.4, -0.2) is 30.1 Å². The van der Waals surface area contributed by atoms with Gasteiger partial charge in [-0.2, -0.15) is 4.98 Å². The predicted octanol–water partition coefficient (Wildman–Crippen LogP) is 0.763. The third kappa shape index (κ3) is 3.07. The number of anilines is 2. The number of carbonyl (C=O) groups excluding carboxylic acids is 1. The average Bonchev–Trinajstić information content (AvgIpc) is 2.81. The summed E-state index contributed by atoms with van der Waals surface area (Å²) in [6.07, 6.45) is 0.781. The number of hydrogen-bond donors (Lipinski definition) is 2. The fourth-order valence-electron chi connectivity index (χ4n) is 2.14. The minimum atomic E-state index is -0.253. The van der Waals surface area contributed by atoms with Crippen LogP contribution in [0.3, 0.4) is 0 Å². The van der Waals surface area contributed by atoms with Crippen LogP contribution in [0, 0.1) is 5.92 Å². The van der Waals surface area contributed by atoms with Gasteiger partial charge in [0.05, 0.1) is 17.7 Å². The Bertz CT molecular complexity index is 476. The molecule has 1 aliphatic heterocycles. The van der Waals surface area contributed by atoms with Crippen molar-refractivity contribution in [1.82, 2.24) is 4.98 Å². The van der Waals surface area contributed by atoms with Crippen molar-refractivity contribution in [2.24, 2.45) is 11.7 Å². The summed E-state index contributed by atoms with van der Waals surface area (Å²) in [6, 6.07) is 3.61. The number of hydrogen-bond acceptors (Lipinski definition) is 5. The lowest BCUT2D eigenvalue weighted by molar-refractivity contribution is -0.121. The van der Waals surface area contributed by atoms with Crippen LogP contribution < -0.4 is 21.1 Å². The Morgan fingerprint density at radius 1 is 1.53 bits per heavy atom. The van der Waals surface area contributed by atoms with Crippen LogP contribution in [0.15, 0.2) is 12.1 Å². The standard InChI is InChI=1S/C13H20N4O2/c1-8(2)19-13-10(14)3-4-11(16-13)17-6-5-9(7-17)12(15)18/h3-4,8-9H,5-7,14H2,1-2H3,(H2,15,18). The molecule has 1 fully saturated rings. The maximum atomic E-state index is 11.2. The number of aromatic nitrogens is 1. The van der Waals surface area contributed by atoms with Gasteiger partial charge in [-0.05, 0) is 32.4 Å². The molecule has 2 rings (SSSR count). The molecule has 0 bridgehead atoms. The Labute approximate surface area is 112 Å². The van der Waals surface area contributed by atoms with Gasteiger partial charge in [0.25, 0.3) is 0 Å². The molecule has 0 radical (unpaired) electrons. The van der Waals surface area contributed by atoms with Crippen LogP contribution in [0.2, 0.25) is 0 Å². The van der Waals surface area contributed by atoms with Crippen LogP contribution >= 0.6 is 0 Å². The Kier molecular flexibility index (Phi) is 3.78. The molecule has 1 aromatic rings. The van der Waals surface area contributed by atoms with E-state index in [0.717, 1.165) is 18.8 Å². The molecular weight excluding hydrogens is 244 g/mol. The van der Waals surface area contributed by atoms with Gasteiger partial charge in [-0.1, -0.05) is 0 Å². The summed E-state index contributed by atoms with van der Waals surface area (Å²) < 4.78 is 5.57. The number of nitrogens with zero attached hydrogens (tertiary/aromatic N) is 2. The number of rotatable bonds is 4. The minimum Gasteiger partial charge on any atom is -0.473 e. The molecule has 0 aromatic carbocycles. The molecule has 6 heteroatoms. The summed E-state index contributed by atoms with van der Waals surface area (Å²) in [5.74, 6) is 0.856. The van der Waals surface area contributed by atoms with E-state index in [1.54, 1.807) is 6.07 Å². The van der Waals surface area contributed by atoms with Crippen LogP contribution in [0.4, 0.5) is 11.5 Å². The highest BCUT2D eigenvalue weighted by molar-refractivity contribution is 5.78. The van der Waals surface area contributed by atoms with E-state index in [-0.39, 0.29) is 17.9 Å². The average molecular weight is 264 g/mol. The van der Waals surface area contributed by atoms with Crippen LogP contribution in [0.25, 0.3) is 0 Å². The monoisotopic (exact) mass is 264 g/mol. The first kappa shape index (κ1) is 13.5.